The maximum Gasteiger partial charge on any atom is 0.0175 e. The maximum atomic E-state index is 3.48. The quantitative estimate of drug-likeness (QED) is 0.251. The molecule has 0 aliphatic heterocycles. The molecule has 0 aromatic heterocycles. The molecule has 2 heteroatoms. The lowest BCUT2D eigenvalue weighted by atomic mass is 9.98. The van der Waals surface area contributed by atoms with E-state index in [1.165, 1.54) is 33.0 Å². The van der Waals surface area contributed by atoms with Gasteiger partial charge in [0.25, 0.3) is 0 Å². The molecular weight excluding hydrogens is 472 g/mol. The van der Waals surface area contributed by atoms with Crippen molar-refractivity contribution in [1.29, 1.82) is 0 Å². The first-order valence-corrected chi connectivity index (χ1v) is 10.7. The van der Waals surface area contributed by atoms with Crippen LogP contribution in [0, 0.1) is 0 Å². The lowest BCUT2D eigenvalue weighted by Gasteiger charge is -2.07. The zero-order valence-corrected chi connectivity index (χ0v) is 18.3. The van der Waals surface area contributed by atoms with Crippen molar-refractivity contribution in [1.82, 2.24) is 0 Å². The lowest BCUT2D eigenvalue weighted by Crippen LogP contribution is -1.83. The van der Waals surface area contributed by atoms with Gasteiger partial charge < -0.3 is 0 Å². The van der Waals surface area contributed by atoms with E-state index in [9.17, 15) is 0 Å². The summed E-state index contributed by atoms with van der Waals surface area (Å²) in [5.41, 5.74) is 4.82. The Kier molecular flexibility index (Phi) is 5.90. The molecule has 0 aliphatic rings. The first-order valence-electron chi connectivity index (χ1n) is 9.08. The van der Waals surface area contributed by atoms with Crippen molar-refractivity contribution < 1.29 is 0 Å². The van der Waals surface area contributed by atoms with Crippen LogP contribution in [0.25, 0.3) is 35.1 Å². The Morgan fingerprint density at radius 1 is 0.429 bits per heavy atom. The van der Waals surface area contributed by atoms with Gasteiger partial charge in [0.15, 0.2) is 0 Å². The number of hydrogen-bond donors (Lipinski definition) is 0. The second-order valence-corrected chi connectivity index (χ2v) is 8.39. The average molecular weight is 490 g/mol. The van der Waals surface area contributed by atoms with Crippen molar-refractivity contribution in [3.8, 4) is 0 Å². The molecule has 4 rings (SSSR count). The molecule has 0 atom stereocenters. The standard InChI is InChI=1S/C26H18Br2/c27-23-15-7-19(8-16-23)5-11-21-13-14-22(26-4-2-1-3-25(21)26)12-6-20-9-17-24(28)18-10-20/h1-18H/b11-5-,12-6+. The van der Waals surface area contributed by atoms with Gasteiger partial charge in [-0.3, -0.25) is 0 Å². The minimum Gasteiger partial charge on any atom is -0.0616 e. The van der Waals surface area contributed by atoms with Gasteiger partial charge in [0.05, 0.1) is 0 Å². The van der Waals surface area contributed by atoms with Crippen molar-refractivity contribution in [2.75, 3.05) is 0 Å². The molecule has 0 heterocycles. The molecule has 0 amide bonds. The van der Waals surface area contributed by atoms with Crippen molar-refractivity contribution in [3.05, 3.63) is 116 Å². The number of halogens is 2. The third kappa shape index (κ3) is 4.52. The molecular formula is C26H18Br2. The zero-order valence-electron chi connectivity index (χ0n) is 15.1. The summed E-state index contributed by atoms with van der Waals surface area (Å²) in [6, 6.07) is 29.7. The molecule has 0 saturated heterocycles. The highest BCUT2D eigenvalue weighted by Gasteiger charge is 2.02. The highest BCUT2D eigenvalue weighted by atomic mass is 79.9. The van der Waals surface area contributed by atoms with Crippen LogP contribution in [0.1, 0.15) is 22.3 Å². The van der Waals surface area contributed by atoms with E-state index in [-0.39, 0.29) is 0 Å². The van der Waals surface area contributed by atoms with Crippen LogP contribution in [0.5, 0.6) is 0 Å². The van der Waals surface area contributed by atoms with Crippen molar-refractivity contribution in [3.63, 3.8) is 0 Å². The monoisotopic (exact) mass is 488 g/mol. The maximum absolute atomic E-state index is 3.48. The molecule has 0 radical (unpaired) electrons. The van der Waals surface area contributed by atoms with E-state index < -0.39 is 0 Å². The molecule has 0 fully saturated rings. The van der Waals surface area contributed by atoms with Gasteiger partial charge in [0.2, 0.25) is 0 Å². The molecule has 0 spiro atoms. The third-order valence-electron chi connectivity index (χ3n) is 4.64. The Hall–Kier alpha value is -2.42. The van der Waals surface area contributed by atoms with E-state index in [2.05, 4.69) is 141 Å². The van der Waals surface area contributed by atoms with E-state index in [0.29, 0.717) is 0 Å². The molecule has 136 valence electrons. The minimum absolute atomic E-state index is 1.09. The normalized spacial score (nSPS) is 11.6. The van der Waals surface area contributed by atoms with E-state index in [4.69, 9.17) is 0 Å². The molecule has 0 saturated carbocycles. The molecule has 4 aromatic rings. The van der Waals surface area contributed by atoms with Gasteiger partial charge in [-0.25, -0.2) is 0 Å². The number of benzene rings is 4. The fourth-order valence-corrected chi connectivity index (χ4v) is 3.68. The summed E-state index contributed by atoms with van der Waals surface area (Å²) in [7, 11) is 0. The Morgan fingerprint density at radius 2 is 0.821 bits per heavy atom. The fourth-order valence-electron chi connectivity index (χ4n) is 3.16. The first kappa shape index (κ1) is 18.9. The van der Waals surface area contributed by atoms with Crippen molar-refractivity contribution in [2.24, 2.45) is 0 Å². The summed E-state index contributed by atoms with van der Waals surface area (Å²) in [6.07, 6.45) is 8.69. The van der Waals surface area contributed by atoms with Gasteiger partial charge in [-0.1, -0.05) is 117 Å². The minimum atomic E-state index is 1.09. The SMILES string of the molecule is Brc1ccc(/C=C\c2ccc(/C=C/c3ccc(Br)cc3)c3ccccc23)cc1. The predicted molar refractivity (Wildman–Crippen MR) is 130 cm³/mol. The molecule has 0 N–H and O–H groups in total. The van der Waals surface area contributed by atoms with Gasteiger partial charge >= 0.3 is 0 Å². The number of fused-ring (bicyclic) bond motifs is 1. The molecule has 4 aromatic carbocycles. The Balaban J connectivity index is 1.68. The van der Waals surface area contributed by atoms with Gasteiger partial charge in [0, 0.05) is 8.95 Å². The number of rotatable bonds is 4. The summed E-state index contributed by atoms with van der Waals surface area (Å²) in [5.74, 6) is 0. The van der Waals surface area contributed by atoms with Gasteiger partial charge in [-0.2, -0.15) is 0 Å². The summed E-state index contributed by atoms with van der Waals surface area (Å²) >= 11 is 6.97. The van der Waals surface area contributed by atoms with Crippen LogP contribution >= 0.6 is 31.9 Å². The lowest BCUT2D eigenvalue weighted by molar-refractivity contribution is 1.61. The van der Waals surface area contributed by atoms with Crippen LogP contribution in [0.15, 0.2) is 93.9 Å². The van der Waals surface area contributed by atoms with Crippen LogP contribution < -0.4 is 0 Å². The van der Waals surface area contributed by atoms with E-state index >= 15 is 0 Å². The molecule has 0 aliphatic carbocycles. The summed E-state index contributed by atoms with van der Waals surface area (Å²) in [4.78, 5) is 0. The van der Waals surface area contributed by atoms with Crippen molar-refractivity contribution >= 4 is 66.9 Å². The summed E-state index contributed by atoms with van der Waals surface area (Å²) in [6.45, 7) is 0. The fraction of sp³-hybridized carbons (Fsp3) is 0. The van der Waals surface area contributed by atoms with Crippen LogP contribution in [0.2, 0.25) is 0 Å². The van der Waals surface area contributed by atoms with Crippen LogP contribution in [0.3, 0.4) is 0 Å². The second-order valence-electron chi connectivity index (χ2n) is 6.56. The van der Waals surface area contributed by atoms with Crippen LogP contribution in [-0.4, -0.2) is 0 Å². The summed E-state index contributed by atoms with van der Waals surface area (Å²) < 4.78 is 2.19. The summed E-state index contributed by atoms with van der Waals surface area (Å²) in [5, 5.41) is 2.52. The highest BCUT2D eigenvalue weighted by Crippen LogP contribution is 2.26. The van der Waals surface area contributed by atoms with Gasteiger partial charge in [-0.15, -0.1) is 0 Å². The number of hydrogen-bond acceptors (Lipinski definition) is 0. The Bertz CT molecular complexity index is 1060. The smallest absolute Gasteiger partial charge is 0.0175 e. The van der Waals surface area contributed by atoms with Crippen molar-refractivity contribution in [2.45, 2.75) is 0 Å². The van der Waals surface area contributed by atoms with Crippen LogP contribution in [0.4, 0.5) is 0 Å². The third-order valence-corrected chi connectivity index (χ3v) is 5.70. The topological polar surface area (TPSA) is 0 Å². The predicted octanol–water partition coefficient (Wildman–Crippen LogP) is 8.71. The van der Waals surface area contributed by atoms with Gasteiger partial charge in [-0.05, 0) is 57.3 Å². The van der Waals surface area contributed by atoms with E-state index in [0.717, 1.165) is 8.95 Å². The van der Waals surface area contributed by atoms with E-state index in [1.54, 1.807) is 0 Å². The molecule has 0 nitrogen and oxygen atoms in total. The molecule has 0 bridgehead atoms. The molecule has 28 heavy (non-hydrogen) atoms. The highest BCUT2D eigenvalue weighted by molar-refractivity contribution is 9.10. The average Bonchev–Trinajstić information content (AvgIpc) is 2.73. The molecule has 0 unspecified atom stereocenters. The second kappa shape index (κ2) is 8.72. The van der Waals surface area contributed by atoms with Crippen LogP contribution in [-0.2, 0) is 0 Å². The largest absolute Gasteiger partial charge is 0.0616 e. The zero-order chi connectivity index (χ0) is 19.3. The van der Waals surface area contributed by atoms with Gasteiger partial charge in [0.1, 0.15) is 0 Å². The van der Waals surface area contributed by atoms with E-state index in [1.807, 2.05) is 0 Å². The first-order chi connectivity index (χ1) is 13.7. The Morgan fingerprint density at radius 3 is 1.21 bits per heavy atom. The Labute approximate surface area is 182 Å².